The summed E-state index contributed by atoms with van der Waals surface area (Å²) in [5.74, 6) is 3.26. The molecule has 0 spiro atoms. The predicted octanol–water partition coefficient (Wildman–Crippen LogP) is 7.67. The molecule has 0 bridgehead atoms. The topological polar surface area (TPSA) is 21.1 Å². The minimum Gasteiger partial charge on any atom is -0.382 e. The van der Waals surface area contributed by atoms with Gasteiger partial charge in [0.05, 0.1) is 11.0 Å². The van der Waals surface area contributed by atoms with Crippen LogP contribution in [0.5, 0.6) is 0 Å². The van der Waals surface area contributed by atoms with E-state index in [0.29, 0.717) is 0 Å². The van der Waals surface area contributed by atoms with E-state index in [2.05, 4.69) is 173 Å². The molecule has 3 heterocycles. The van der Waals surface area contributed by atoms with E-state index in [9.17, 15) is 0 Å². The zero-order valence-corrected chi connectivity index (χ0v) is 24.6. The monoisotopic (exact) mass is 573 g/mol. The van der Waals surface area contributed by atoms with Crippen molar-refractivity contribution >= 4 is 39.8 Å². The Kier molecular flexibility index (Phi) is 5.92. The van der Waals surface area contributed by atoms with Gasteiger partial charge in [-0.05, 0) is 75.2 Å². The van der Waals surface area contributed by atoms with Gasteiger partial charge in [0, 0.05) is 22.2 Å². The molecule has 0 saturated heterocycles. The molecule has 7 aromatic rings. The molecule has 4 heteroatoms. The number of allylic oxidation sites excluding steroid dienone is 2. The first-order valence-corrected chi connectivity index (χ1v) is 15.4. The van der Waals surface area contributed by atoms with Gasteiger partial charge in [-0.3, -0.25) is 4.57 Å². The molecule has 0 radical (unpaired) electrons. The quantitative estimate of drug-likeness (QED) is 0.202. The maximum absolute atomic E-state index is 5.04. The third-order valence-corrected chi connectivity index (χ3v) is 9.03. The molecule has 0 unspecified atom stereocenters. The van der Waals surface area contributed by atoms with Gasteiger partial charge in [0.1, 0.15) is 5.82 Å². The van der Waals surface area contributed by atoms with Gasteiger partial charge in [0.25, 0.3) is 0 Å². The standard InChI is InChI=1S/C41H28BN3/c1-2-13-31(14-3-1)41-43-37-18-8-9-19-38(37)45(41)34-24-22-30(23-25-34)39-35-16-6-7-17-36(35)40(44-27-11-10-26-42(39)44)33-21-20-29-12-4-5-15-32(29)28-33/h1-28H. The van der Waals surface area contributed by atoms with Gasteiger partial charge in [-0.2, -0.15) is 0 Å². The van der Waals surface area contributed by atoms with Gasteiger partial charge < -0.3 is 4.81 Å². The predicted molar refractivity (Wildman–Crippen MR) is 187 cm³/mol. The van der Waals surface area contributed by atoms with Gasteiger partial charge in [-0.15, -0.1) is 0 Å². The van der Waals surface area contributed by atoms with Crippen LogP contribution in [0.2, 0.25) is 0 Å². The smallest absolute Gasteiger partial charge is 0.321 e. The molecule has 2 aliphatic rings. The molecule has 1 aromatic heterocycles. The zero-order valence-electron chi connectivity index (χ0n) is 24.6. The third kappa shape index (κ3) is 4.18. The number of aromatic nitrogens is 2. The zero-order chi connectivity index (χ0) is 29.7. The van der Waals surface area contributed by atoms with Crippen molar-refractivity contribution in [1.29, 1.82) is 0 Å². The van der Waals surface area contributed by atoms with Crippen molar-refractivity contribution < 1.29 is 0 Å². The van der Waals surface area contributed by atoms with Crippen molar-refractivity contribution in [1.82, 2.24) is 14.4 Å². The van der Waals surface area contributed by atoms with Crippen molar-refractivity contribution in [3.63, 3.8) is 0 Å². The van der Waals surface area contributed by atoms with Crippen LogP contribution in [-0.4, -0.2) is 21.2 Å². The van der Waals surface area contributed by atoms with Crippen LogP contribution >= 0.6 is 0 Å². The fourth-order valence-corrected chi connectivity index (χ4v) is 6.99. The summed E-state index contributed by atoms with van der Waals surface area (Å²) in [6.07, 6.45) is 6.54. The van der Waals surface area contributed by atoms with Crippen LogP contribution in [-0.2, 0) is 0 Å². The van der Waals surface area contributed by atoms with Crippen molar-refractivity contribution in [3.8, 4) is 17.1 Å². The van der Waals surface area contributed by atoms with Gasteiger partial charge >= 0.3 is 6.85 Å². The van der Waals surface area contributed by atoms with Crippen molar-refractivity contribution in [2.45, 2.75) is 0 Å². The van der Waals surface area contributed by atoms with Crippen LogP contribution in [0.1, 0.15) is 11.1 Å². The molecule has 0 N–H and O–H groups in total. The maximum Gasteiger partial charge on any atom is 0.321 e. The van der Waals surface area contributed by atoms with Crippen LogP contribution in [0.15, 0.2) is 170 Å². The Hall–Kier alpha value is -5.87. The van der Waals surface area contributed by atoms with E-state index in [1.807, 2.05) is 6.07 Å². The Bertz CT molecular complexity index is 2440. The highest BCUT2D eigenvalue weighted by Gasteiger charge is 2.33. The molecule has 210 valence electrons. The van der Waals surface area contributed by atoms with Crippen molar-refractivity contribution in [3.05, 3.63) is 191 Å². The summed E-state index contributed by atoms with van der Waals surface area (Å²) < 4.78 is 2.27. The lowest BCUT2D eigenvalue weighted by Crippen LogP contribution is -2.49. The summed E-state index contributed by atoms with van der Waals surface area (Å²) >= 11 is 0. The Morgan fingerprint density at radius 3 is 2.11 bits per heavy atom. The van der Waals surface area contributed by atoms with E-state index in [-0.39, 0.29) is 6.85 Å². The SMILES string of the molecule is C1=CB2C(c3ccc(-n4c(-c5ccccc5)nc5ccccc54)cc3)=c3ccccc3=C(c3ccc4ccccc4c3)N2C=C1. The molecule has 0 atom stereocenters. The van der Waals surface area contributed by atoms with E-state index in [1.165, 1.54) is 43.5 Å². The number of imidazole rings is 1. The molecule has 0 amide bonds. The number of nitrogens with zero attached hydrogens (tertiary/aromatic N) is 3. The lowest BCUT2D eigenvalue weighted by Gasteiger charge is -2.35. The van der Waals surface area contributed by atoms with E-state index in [4.69, 9.17) is 4.98 Å². The largest absolute Gasteiger partial charge is 0.382 e. The number of fused-ring (bicyclic) bond motifs is 4. The molecule has 0 saturated carbocycles. The highest BCUT2D eigenvalue weighted by atomic mass is 15.1. The second-order valence-corrected chi connectivity index (χ2v) is 11.6. The van der Waals surface area contributed by atoms with Crippen molar-refractivity contribution in [2.24, 2.45) is 0 Å². The van der Waals surface area contributed by atoms with E-state index in [1.54, 1.807) is 0 Å². The normalized spacial score (nSPS) is 13.9. The number of benzene rings is 6. The molecule has 9 rings (SSSR count). The molecule has 3 nitrogen and oxygen atoms in total. The van der Waals surface area contributed by atoms with Crippen LogP contribution in [0.3, 0.4) is 0 Å². The lowest BCUT2D eigenvalue weighted by molar-refractivity contribution is 0.814. The average molecular weight is 574 g/mol. The first-order valence-electron chi connectivity index (χ1n) is 15.4. The van der Waals surface area contributed by atoms with Gasteiger partial charge in [-0.1, -0.05) is 127 Å². The van der Waals surface area contributed by atoms with Gasteiger partial charge in [0.2, 0.25) is 0 Å². The van der Waals surface area contributed by atoms with Gasteiger partial charge in [0.15, 0.2) is 0 Å². The third-order valence-electron chi connectivity index (χ3n) is 9.03. The molecule has 0 aliphatic carbocycles. The first kappa shape index (κ1) is 25.6. The van der Waals surface area contributed by atoms with E-state index in [0.717, 1.165) is 28.1 Å². The van der Waals surface area contributed by atoms with Crippen LogP contribution < -0.4 is 10.4 Å². The van der Waals surface area contributed by atoms with Crippen LogP contribution in [0.25, 0.3) is 50.1 Å². The maximum atomic E-state index is 5.04. The molecule has 2 aliphatic heterocycles. The average Bonchev–Trinajstić information content (AvgIpc) is 3.51. The molecule has 6 aromatic carbocycles. The number of hydrogen-bond acceptors (Lipinski definition) is 2. The number of hydrogen-bond donors (Lipinski definition) is 0. The lowest BCUT2D eigenvalue weighted by atomic mass is 9.49. The minimum absolute atomic E-state index is 0.0752. The Labute approximate surface area is 262 Å². The highest BCUT2D eigenvalue weighted by Crippen LogP contribution is 2.33. The highest BCUT2D eigenvalue weighted by molar-refractivity contribution is 6.82. The summed E-state index contributed by atoms with van der Waals surface area (Å²) in [5, 5.41) is 5.02. The summed E-state index contributed by atoms with van der Waals surface area (Å²) in [5.41, 5.74) is 9.25. The number of rotatable bonds is 4. The fraction of sp³-hybridized carbons (Fsp3) is 0. The second kappa shape index (κ2) is 10.4. The molecular weight excluding hydrogens is 545 g/mol. The summed E-state index contributed by atoms with van der Waals surface area (Å²) in [6, 6.07) is 52.1. The fourth-order valence-electron chi connectivity index (χ4n) is 6.99. The number of para-hydroxylation sites is 2. The summed E-state index contributed by atoms with van der Waals surface area (Å²) in [4.78, 5) is 7.48. The summed E-state index contributed by atoms with van der Waals surface area (Å²) in [7, 11) is 0. The minimum atomic E-state index is 0.0752. The Morgan fingerprint density at radius 1 is 0.533 bits per heavy atom. The van der Waals surface area contributed by atoms with E-state index < -0.39 is 0 Å². The Morgan fingerprint density at radius 2 is 1.24 bits per heavy atom. The Balaban J connectivity index is 1.25. The summed E-state index contributed by atoms with van der Waals surface area (Å²) in [6.45, 7) is 0.0752. The van der Waals surface area contributed by atoms with Gasteiger partial charge in [-0.25, -0.2) is 4.98 Å². The molecule has 45 heavy (non-hydrogen) atoms. The first-order chi connectivity index (χ1) is 22.3. The van der Waals surface area contributed by atoms with Crippen LogP contribution in [0.4, 0.5) is 0 Å². The van der Waals surface area contributed by atoms with E-state index >= 15 is 0 Å². The molecular formula is C41H28BN3. The van der Waals surface area contributed by atoms with Crippen LogP contribution in [0, 0.1) is 0 Å². The molecule has 0 fully saturated rings. The second-order valence-electron chi connectivity index (χ2n) is 11.6. The van der Waals surface area contributed by atoms with Crippen molar-refractivity contribution in [2.75, 3.05) is 0 Å².